The number of carbonyl (C=O) groups is 2. The van der Waals surface area contributed by atoms with Crippen LogP contribution in [-0.4, -0.2) is 27.3 Å². The summed E-state index contributed by atoms with van der Waals surface area (Å²) in [6, 6.07) is 6.27. The van der Waals surface area contributed by atoms with E-state index in [4.69, 9.17) is 15.3 Å². The van der Waals surface area contributed by atoms with Crippen molar-refractivity contribution in [1.82, 2.24) is 0 Å². The quantitative estimate of drug-likeness (QED) is 0.197. The zero-order chi connectivity index (χ0) is 22.5. The van der Waals surface area contributed by atoms with Crippen molar-refractivity contribution in [2.75, 3.05) is 0 Å². The van der Waals surface area contributed by atoms with Gasteiger partial charge >= 0.3 is 11.9 Å². The van der Waals surface area contributed by atoms with Crippen LogP contribution in [0.15, 0.2) is 30.3 Å². The molecule has 0 bridgehead atoms. The second-order valence-electron chi connectivity index (χ2n) is 7.65. The molecule has 0 saturated heterocycles. The molecular weight excluding hydrogens is 380 g/mol. The Labute approximate surface area is 181 Å². The lowest BCUT2D eigenvalue weighted by molar-refractivity contribution is -0.137. The molecule has 0 aromatic heterocycles. The van der Waals surface area contributed by atoms with Crippen molar-refractivity contribution in [2.24, 2.45) is 0 Å². The van der Waals surface area contributed by atoms with Crippen LogP contribution in [0.3, 0.4) is 0 Å². The molecule has 0 radical (unpaired) electrons. The third-order valence-corrected chi connectivity index (χ3v) is 4.81. The van der Waals surface area contributed by atoms with E-state index in [1.165, 1.54) is 88.8 Å². The van der Waals surface area contributed by atoms with E-state index in [9.17, 15) is 9.59 Å². The van der Waals surface area contributed by atoms with Crippen LogP contribution < -0.4 is 0 Å². The highest BCUT2D eigenvalue weighted by Crippen LogP contribution is 2.13. The van der Waals surface area contributed by atoms with Gasteiger partial charge in [0, 0.05) is 12.5 Å². The Kier molecular flexibility index (Phi) is 18.5. The summed E-state index contributed by atoms with van der Waals surface area (Å²) in [7, 11) is 0. The molecule has 1 rings (SSSR count). The van der Waals surface area contributed by atoms with Gasteiger partial charge < -0.3 is 15.3 Å². The van der Waals surface area contributed by atoms with Crippen LogP contribution >= 0.6 is 0 Å². The molecule has 1 aromatic carbocycles. The number of phenolic OH excluding ortho intramolecular Hbond substituents is 1. The maximum atomic E-state index is 10.3. The number of unbranched alkanes of at least 4 members (excludes halogenated alkanes) is 12. The Bertz CT molecular complexity index is 578. The fourth-order valence-electron chi connectivity index (χ4n) is 3.05. The van der Waals surface area contributed by atoms with Gasteiger partial charge in [-0.1, -0.05) is 96.1 Å². The molecular formula is C25H40O5. The number of hydrogen-bond donors (Lipinski definition) is 3. The summed E-state index contributed by atoms with van der Waals surface area (Å²) in [5, 5.41) is 25.7. The number of aromatic hydroxyl groups is 1. The fourth-order valence-corrected chi connectivity index (χ4v) is 3.05. The number of carboxylic acid groups (broad SMARTS) is 2. The van der Waals surface area contributed by atoms with Gasteiger partial charge in [-0.25, -0.2) is 4.79 Å². The molecule has 0 aliphatic carbocycles. The summed E-state index contributed by atoms with van der Waals surface area (Å²) in [6.45, 7) is 2.26. The molecule has 0 atom stereocenters. The van der Waals surface area contributed by atoms with Gasteiger partial charge in [-0.05, 0) is 30.2 Å². The highest BCUT2D eigenvalue weighted by molar-refractivity contribution is 5.85. The number of rotatable bonds is 16. The minimum atomic E-state index is -0.983. The van der Waals surface area contributed by atoms with E-state index in [1.807, 2.05) is 0 Å². The minimum Gasteiger partial charge on any atom is -0.508 e. The standard InChI is InChI=1S/C16H32O2.C9H8O3/c1-2-3-4-5-6-7-8-9-10-11-12-13-14-15-16(17)18;10-8-4-1-7(2-5-8)3-6-9(11)12/h2-15H2,1H3,(H,17,18);1-6,10H,(H,11,12)/b;6-3+. The first-order chi connectivity index (χ1) is 14.5. The van der Waals surface area contributed by atoms with Gasteiger partial charge in [-0.15, -0.1) is 0 Å². The molecule has 0 aliphatic rings. The predicted molar refractivity (Wildman–Crippen MR) is 123 cm³/mol. The molecule has 30 heavy (non-hydrogen) atoms. The van der Waals surface area contributed by atoms with Crippen molar-refractivity contribution in [2.45, 2.75) is 96.8 Å². The highest BCUT2D eigenvalue weighted by Gasteiger charge is 1.97. The molecule has 0 unspecified atom stereocenters. The monoisotopic (exact) mass is 420 g/mol. The minimum absolute atomic E-state index is 0.169. The Morgan fingerprint density at radius 1 is 0.733 bits per heavy atom. The molecule has 0 saturated carbocycles. The molecule has 0 spiro atoms. The maximum absolute atomic E-state index is 10.3. The van der Waals surface area contributed by atoms with E-state index in [1.54, 1.807) is 12.1 Å². The lowest BCUT2D eigenvalue weighted by Gasteiger charge is -2.02. The highest BCUT2D eigenvalue weighted by atomic mass is 16.4. The van der Waals surface area contributed by atoms with E-state index < -0.39 is 11.9 Å². The average molecular weight is 421 g/mol. The maximum Gasteiger partial charge on any atom is 0.328 e. The van der Waals surface area contributed by atoms with Crippen LogP contribution in [0.2, 0.25) is 0 Å². The van der Waals surface area contributed by atoms with Gasteiger partial charge in [0.05, 0.1) is 0 Å². The third kappa shape index (κ3) is 20.4. The molecule has 170 valence electrons. The smallest absolute Gasteiger partial charge is 0.328 e. The van der Waals surface area contributed by atoms with Crippen molar-refractivity contribution < 1.29 is 24.9 Å². The van der Waals surface area contributed by atoms with Crippen LogP contribution in [0, 0.1) is 0 Å². The number of phenols is 1. The summed E-state index contributed by atoms with van der Waals surface area (Å²) in [4.78, 5) is 20.4. The Hall–Kier alpha value is -2.30. The van der Waals surface area contributed by atoms with Crippen LogP contribution in [-0.2, 0) is 9.59 Å². The topological polar surface area (TPSA) is 94.8 Å². The SMILES string of the molecule is CCCCCCCCCCCCCCCC(=O)O.O=C(O)/C=C/c1ccc(O)cc1. The van der Waals surface area contributed by atoms with E-state index >= 15 is 0 Å². The summed E-state index contributed by atoms with van der Waals surface area (Å²) in [6.07, 6.45) is 19.8. The van der Waals surface area contributed by atoms with Crippen molar-refractivity contribution in [3.63, 3.8) is 0 Å². The molecule has 5 heteroatoms. The molecule has 0 fully saturated rings. The zero-order valence-electron chi connectivity index (χ0n) is 18.5. The van der Waals surface area contributed by atoms with Gasteiger partial charge in [0.25, 0.3) is 0 Å². The Morgan fingerprint density at radius 2 is 1.17 bits per heavy atom. The first-order valence-electron chi connectivity index (χ1n) is 11.4. The van der Waals surface area contributed by atoms with Gasteiger partial charge in [-0.3, -0.25) is 4.79 Å². The largest absolute Gasteiger partial charge is 0.508 e. The summed E-state index contributed by atoms with van der Waals surface area (Å²) < 4.78 is 0. The van der Waals surface area contributed by atoms with E-state index in [-0.39, 0.29) is 5.75 Å². The predicted octanol–water partition coefficient (Wildman–Crippen LogP) is 7.04. The lowest BCUT2D eigenvalue weighted by Crippen LogP contribution is -1.93. The second kappa shape index (κ2) is 20.0. The van der Waals surface area contributed by atoms with Crippen molar-refractivity contribution in [1.29, 1.82) is 0 Å². The molecule has 1 aromatic rings. The van der Waals surface area contributed by atoms with E-state index in [0.29, 0.717) is 6.42 Å². The van der Waals surface area contributed by atoms with Crippen molar-refractivity contribution in [3.05, 3.63) is 35.9 Å². The molecule has 3 N–H and O–H groups in total. The van der Waals surface area contributed by atoms with E-state index in [0.717, 1.165) is 24.5 Å². The van der Waals surface area contributed by atoms with Crippen LogP contribution in [0.1, 0.15) is 102 Å². The normalized spacial score (nSPS) is 10.6. The zero-order valence-corrected chi connectivity index (χ0v) is 18.5. The van der Waals surface area contributed by atoms with Crippen LogP contribution in [0.25, 0.3) is 6.08 Å². The summed E-state index contributed by atoms with van der Waals surface area (Å²) in [5.74, 6) is -1.47. The number of benzene rings is 1. The lowest BCUT2D eigenvalue weighted by atomic mass is 10.0. The fraction of sp³-hybridized carbons (Fsp3) is 0.600. The Balaban J connectivity index is 0.000000604. The van der Waals surface area contributed by atoms with Gasteiger partial charge in [0.15, 0.2) is 0 Å². The Morgan fingerprint density at radius 3 is 1.57 bits per heavy atom. The molecule has 0 amide bonds. The first kappa shape index (κ1) is 27.7. The van der Waals surface area contributed by atoms with Crippen molar-refractivity contribution >= 4 is 18.0 Å². The summed E-state index contributed by atoms with van der Waals surface area (Å²) >= 11 is 0. The molecule has 0 heterocycles. The number of hydrogen-bond acceptors (Lipinski definition) is 3. The number of carboxylic acids is 2. The second-order valence-corrected chi connectivity index (χ2v) is 7.65. The van der Waals surface area contributed by atoms with Crippen LogP contribution in [0.5, 0.6) is 5.75 Å². The van der Waals surface area contributed by atoms with Gasteiger partial charge in [-0.2, -0.15) is 0 Å². The first-order valence-corrected chi connectivity index (χ1v) is 11.4. The van der Waals surface area contributed by atoms with Crippen LogP contribution in [0.4, 0.5) is 0 Å². The average Bonchev–Trinajstić information content (AvgIpc) is 2.71. The van der Waals surface area contributed by atoms with E-state index in [2.05, 4.69) is 6.92 Å². The summed E-state index contributed by atoms with van der Waals surface area (Å²) in [5.41, 5.74) is 0.746. The molecule has 0 aliphatic heterocycles. The number of aliphatic carboxylic acids is 2. The molecule has 5 nitrogen and oxygen atoms in total. The van der Waals surface area contributed by atoms with Crippen molar-refractivity contribution in [3.8, 4) is 5.75 Å². The van der Waals surface area contributed by atoms with Gasteiger partial charge in [0.1, 0.15) is 5.75 Å². The van der Waals surface area contributed by atoms with Gasteiger partial charge in [0.2, 0.25) is 0 Å². The third-order valence-electron chi connectivity index (χ3n) is 4.81.